The normalized spacial score (nSPS) is 10.4. The van der Waals surface area contributed by atoms with Crippen molar-refractivity contribution >= 4 is 46.2 Å². The van der Waals surface area contributed by atoms with Crippen LogP contribution in [0.4, 0.5) is 23.0 Å². The highest BCUT2D eigenvalue weighted by Gasteiger charge is 2.08. The lowest BCUT2D eigenvalue weighted by Gasteiger charge is -2.12. The zero-order valence-corrected chi connectivity index (χ0v) is 12.9. The zero-order chi connectivity index (χ0) is 15.2. The molecule has 1 aromatic carbocycles. The van der Waals surface area contributed by atoms with Crippen LogP contribution in [0.25, 0.3) is 0 Å². The minimum atomic E-state index is 0.407. The number of anilines is 4. The van der Waals surface area contributed by atoms with Crippen molar-refractivity contribution in [1.82, 2.24) is 9.97 Å². The van der Waals surface area contributed by atoms with Gasteiger partial charge in [-0.15, -0.1) is 0 Å². The summed E-state index contributed by atoms with van der Waals surface area (Å²) in [6.07, 6.45) is 1.42. The molecule has 4 N–H and O–H groups in total. The Morgan fingerprint density at radius 1 is 1.14 bits per heavy atom. The minimum Gasteiger partial charge on any atom is -0.393 e. The fraction of sp³-hybridized carbons (Fsp3) is 0.231. The Morgan fingerprint density at radius 3 is 2.48 bits per heavy atom. The number of hydrogen-bond acceptors (Lipinski definition) is 6. The fourth-order valence-corrected chi connectivity index (χ4v) is 2.20. The molecule has 2 rings (SSSR count). The van der Waals surface area contributed by atoms with Gasteiger partial charge in [-0.25, -0.2) is 9.97 Å². The fourth-order valence-electron chi connectivity index (χ4n) is 1.67. The molecule has 6 nitrogen and oxygen atoms in total. The Morgan fingerprint density at radius 2 is 1.81 bits per heavy atom. The van der Waals surface area contributed by atoms with Crippen LogP contribution in [0.3, 0.4) is 0 Å². The van der Waals surface area contributed by atoms with Crippen molar-refractivity contribution in [3.8, 4) is 0 Å². The third kappa shape index (κ3) is 4.35. The number of nitrogen functional groups attached to an aromatic ring is 1. The van der Waals surface area contributed by atoms with E-state index in [0.717, 1.165) is 0 Å². The molecule has 0 aliphatic carbocycles. The molecule has 8 heteroatoms. The van der Waals surface area contributed by atoms with E-state index in [1.165, 1.54) is 6.33 Å². The van der Waals surface area contributed by atoms with Crippen LogP contribution in [-0.4, -0.2) is 30.2 Å². The Labute approximate surface area is 132 Å². The zero-order valence-electron chi connectivity index (χ0n) is 11.4. The third-order valence-electron chi connectivity index (χ3n) is 2.61. The maximum absolute atomic E-state index is 6.03. The van der Waals surface area contributed by atoms with Gasteiger partial charge in [0.05, 0.1) is 6.61 Å². The molecule has 0 atom stereocenters. The van der Waals surface area contributed by atoms with Crippen LogP contribution in [0.15, 0.2) is 24.5 Å². The van der Waals surface area contributed by atoms with Gasteiger partial charge in [0.15, 0.2) is 11.6 Å². The average molecular weight is 328 g/mol. The number of nitrogens with two attached hydrogens (primary N) is 1. The summed E-state index contributed by atoms with van der Waals surface area (Å²) < 4.78 is 4.96. The molecule has 0 radical (unpaired) electrons. The van der Waals surface area contributed by atoms with Crippen molar-refractivity contribution in [2.75, 3.05) is 36.6 Å². The second-order valence-corrected chi connectivity index (χ2v) is 5.06. The number of aromatic nitrogens is 2. The molecule has 112 valence electrons. The second-order valence-electron chi connectivity index (χ2n) is 4.19. The maximum Gasteiger partial charge on any atom is 0.159 e. The largest absolute Gasteiger partial charge is 0.393 e. The Kier molecular flexibility index (Phi) is 5.44. The highest BCUT2D eigenvalue weighted by Crippen LogP contribution is 2.28. The lowest BCUT2D eigenvalue weighted by atomic mass is 10.3. The van der Waals surface area contributed by atoms with Crippen molar-refractivity contribution < 1.29 is 4.74 Å². The molecule has 0 aliphatic heterocycles. The van der Waals surface area contributed by atoms with Gasteiger partial charge in [0, 0.05) is 29.4 Å². The first kappa shape index (κ1) is 15.6. The van der Waals surface area contributed by atoms with Crippen LogP contribution in [0.1, 0.15) is 0 Å². The molecule has 1 heterocycles. The van der Waals surface area contributed by atoms with Gasteiger partial charge in [-0.3, -0.25) is 0 Å². The topological polar surface area (TPSA) is 85.1 Å². The molecule has 0 fully saturated rings. The predicted molar refractivity (Wildman–Crippen MR) is 86.6 cm³/mol. The predicted octanol–water partition coefficient (Wildman–Crippen LogP) is 3.17. The van der Waals surface area contributed by atoms with Gasteiger partial charge in [-0.2, -0.15) is 0 Å². The Balaban J connectivity index is 2.18. The third-order valence-corrected chi connectivity index (χ3v) is 3.04. The number of hydrogen-bond donors (Lipinski definition) is 3. The van der Waals surface area contributed by atoms with Gasteiger partial charge < -0.3 is 21.1 Å². The van der Waals surface area contributed by atoms with Gasteiger partial charge in [-0.1, -0.05) is 23.2 Å². The van der Waals surface area contributed by atoms with Gasteiger partial charge in [0.2, 0.25) is 0 Å². The van der Waals surface area contributed by atoms with Crippen LogP contribution in [-0.2, 0) is 4.74 Å². The van der Waals surface area contributed by atoms with E-state index in [4.69, 9.17) is 33.7 Å². The first-order chi connectivity index (χ1) is 10.1. The van der Waals surface area contributed by atoms with E-state index in [2.05, 4.69) is 20.6 Å². The maximum atomic E-state index is 6.03. The van der Waals surface area contributed by atoms with Gasteiger partial charge in [0.25, 0.3) is 0 Å². The van der Waals surface area contributed by atoms with Gasteiger partial charge in [-0.05, 0) is 18.2 Å². The number of halogens is 2. The number of methoxy groups -OCH3 is 1. The number of benzene rings is 1. The van der Waals surface area contributed by atoms with Gasteiger partial charge >= 0.3 is 0 Å². The lowest BCUT2D eigenvalue weighted by Crippen LogP contribution is -2.12. The van der Waals surface area contributed by atoms with Gasteiger partial charge in [0.1, 0.15) is 12.0 Å². The summed E-state index contributed by atoms with van der Waals surface area (Å²) in [5.41, 5.74) is 7.13. The molecule has 21 heavy (non-hydrogen) atoms. The smallest absolute Gasteiger partial charge is 0.159 e. The molecule has 0 unspecified atom stereocenters. The van der Waals surface area contributed by atoms with E-state index in [-0.39, 0.29) is 0 Å². The summed E-state index contributed by atoms with van der Waals surface area (Å²) in [7, 11) is 1.63. The first-order valence-electron chi connectivity index (χ1n) is 6.16. The van der Waals surface area contributed by atoms with Crippen LogP contribution in [0.5, 0.6) is 0 Å². The highest BCUT2D eigenvalue weighted by atomic mass is 35.5. The van der Waals surface area contributed by atoms with Crippen LogP contribution in [0, 0.1) is 0 Å². The van der Waals surface area contributed by atoms with Crippen molar-refractivity contribution in [2.24, 2.45) is 0 Å². The van der Waals surface area contributed by atoms with Crippen LogP contribution in [0.2, 0.25) is 10.0 Å². The quantitative estimate of drug-likeness (QED) is 0.706. The number of nitrogens with one attached hydrogen (secondary N) is 2. The molecule has 0 aliphatic rings. The van der Waals surface area contributed by atoms with E-state index in [9.17, 15) is 0 Å². The molecule has 0 saturated heterocycles. The lowest BCUT2D eigenvalue weighted by molar-refractivity contribution is 0.210. The number of ether oxygens (including phenoxy) is 1. The Hall–Kier alpha value is -1.76. The van der Waals surface area contributed by atoms with E-state index >= 15 is 0 Å². The molecule has 0 amide bonds. The van der Waals surface area contributed by atoms with E-state index < -0.39 is 0 Å². The van der Waals surface area contributed by atoms with Crippen molar-refractivity contribution in [3.05, 3.63) is 34.6 Å². The first-order valence-corrected chi connectivity index (χ1v) is 6.92. The minimum absolute atomic E-state index is 0.407. The second kappa shape index (κ2) is 7.31. The van der Waals surface area contributed by atoms with E-state index in [1.807, 2.05) is 0 Å². The van der Waals surface area contributed by atoms with Crippen molar-refractivity contribution in [1.29, 1.82) is 0 Å². The summed E-state index contributed by atoms with van der Waals surface area (Å²) in [5.74, 6) is 1.01. The highest BCUT2D eigenvalue weighted by molar-refractivity contribution is 6.35. The summed E-state index contributed by atoms with van der Waals surface area (Å²) in [6.45, 7) is 1.15. The summed E-state index contributed by atoms with van der Waals surface area (Å²) in [4.78, 5) is 8.21. The summed E-state index contributed by atoms with van der Waals surface area (Å²) in [5, 5.41) is 7.19. The molecule has 2 aromatic rings. The molecule has 1 aromatic heterocycles. The van der Waals surface area contributed by atoms with Crippen molar-refractivity contribution in [2.45, 2.75) is 0 Å². The average Bonchev–Trinajstić information content (AvgIpc) is 2.42. The molecule has 0 bridgehead atoms. The van der Waals surface area contributed by atoms with E-state index in [0.29, 0.717) is 46.2 Å². The summed E-state index contributed by atoms with van der Waals surface area (Å²) in [6, 6.07) is 5.11. The molecular formula is C13H15Cl2N5O. The van der Waals surface area contributed by atoms with Crippen LogP contribution >= 0.6 is 23.2 Å². The Bertz CT molecular complexity index is 603. The molecule has 0 saturated carbocycles. The van der Waals surface area contributed by atoms with Crippen molar-refractivity contribution in [3.63, 3.8) is 0 Å². The monoisotopic (exact) mass is 327 g/mol. The standard InChI is InChI=1S/C13H15Cl2N5O/c1-21-3-2-17-12-11(16)13(19-7-18-12)20-10-5-8(14)4-9(15)6-10/h4-7H,2-3,16H2,1H3,(H2,17,18,19,20). The van der Waals surface area contributed by atoms with Crippen LogP contribution < -0.4 is 16.4 Å². The number of rotatable bonds is 6. The van der Waals surface area contributed by atoms with E-state index in [1.54, 1.807) is 25.3 Å². The SMILES string of the molecule is COCCNc1ncnc(Nc2cc(Cl)cc(Cl)c2)c1N. The molecule has 0 spiro atoms. The number of nitrogens with zero attached hydrogens (tertiary/aromatic N) is 2. The molecular weight excluding hydrogens is 313 g/mol. The summed E-state index contributed by atoms with van der Waals surface area (Å²) >= 11 is 11.9.